The number of nitrogens with two attached hydrogens (primary N) is 1. The minimum Gasteiger partial charge on any atom is -0.444 e. The summed E-state index contributed by atoms with van der Waals surface area (Å²) in [7, 11) is 0. The Hall–Kier alpha value is -1.73. The van der Waals surface area contributed by atoms with Crippen molar-refractivity contribution in [2.75, 3.05) is 19.6 Å². The second kappa shape index (κ2) is 6.88. The molecule has 0 bridgehead atoms. The Kier molecular flexibility index (Phi) is 4.97. The van der Waals surface area contributed by atoms with Crippen LogP contribution in [0.15, 0.2) is 6.07 Å². The van der Waals surface area contributed by atoms with E-state index in [9.17, 15) is 9.18 Å². The lowest BCUT2D eigenvalue weighted by molar-refractivity contribution is 0.0109. The SMILES string of the molecule is CC(C)(C)OC(=O)N1CCNCC1c1nc2c(cc1F)CC(N)CC2. The van der Waals surface area contributed by atoms with Gasteiger partial charge in [0.05, 0.1) is 6.04 Å². The molecule has 3 rings (SSSR count). The van der Waals surface area contributed by atoms with Gasteiger partial charge in [-0.3, -0.25) is 9.88 Å². The largest absolute Gasteiger partial charge is 0.444 e. The molecule has 1 amide bonds. The van der Waals surface area contributed by atoms with Crippen molar-refractivity contribution in [2.24, 2.45) is 5.73 Å². The number of carbonyl (C=O) groups excluding carboxylic acids is 1. The fourth-order valence-corrected chi connectivity index (χ4v) is 3.40. The monoisotopic (exact) mass is 350 g/mol. The van der Waals surface area contributed by atoms with Crippen LogP contribution in [0.5, 0.6) is 0 Å². The minimum atomic E-state index is -0.593. The fourth-order valence-electron chi connectivity index (χ4n) is 3.40. The number of aromatic nitrogens is 1. The van der Waals surface area contributed by atoms with Gasteiger partial charge in [0.25, 0.3) is 0 Å². The summed E-state index contributed by atoms with van der Waals surface area (Å²) in [5.41, 5.74) is 7.47. The number of rotatable bonds is 1. The molecule has 3 N–H and O–H groups in total. The van der Waals surface area contributed by atoms with Crippen molar-refractivity contribution in [1.82, 2.24) is 15.2 Å². The van der Waals surface area contributed by atoms with Crippen LogP contribution < -0.4 is 11.1 Å². The Balaban J connectivity index is 1.89. The van der Waals surface area contributed by atoms with Crippen LogP contribution in [-0.4, -0.2) is 47.3 Å². The minimum absolute atomic E-state index is 0.0640. The van der Waals surface area contributed by atoms with E-state index in [1.54, 1.807) is 11.0 Å². The standard InChI is InChI=1S/C18H27FN4O2/c1-18(2,3)25-17(24)23-7-6-21-10-15(23)16-13(19)9-11-8-12(20)4-5-14(11)22-16/h9,12,15,21H,4-8,10,20H2,1-3H3. The number of piperazine rings is 1. The molecule has 1 aliphatic heterocycles. The van der Waals surface area contributed by atoms with Gasteiger partial charge in [-0.15, -0.1) is 0 Å². The number of hydrogen-bond donors (Lipinski definition) is 2. The molecule has 25 heavy (non-hydrogen) atoms. The topological polar surface area (TPSA) is 80.5 Å². The number of ether oxygens (including phenoxy) is 1. The van der Waals surface area contributed by atoms with E-state index in [-0.39, 0.29) is 11.9 Å². The van der Waals surface area contributed by atoms with E-state index in [0.717, 1.165) is 24.1 Å². The lowest BCUT2D eigenvalue weighted by Gasteiger charge is -2.37. The van der Waals surface area contributed by atoms with Crippen molar-refractivity contribution in [3.63, 3.8) is 0 Å². The van der Waals surface area contributed by atoms with Crippen molar-refractivity contribution in [3.8, 4) is 0 Å². The molecule has 1 saturated heterocycles. The summed E-state index contributed by atoms with van der Waals surface area (Å²) in [6.07, 6.45) is 1.82. The first-order valence-electron chi connectivity index (χ1n) is 8.88. The third-order valence-electron chi connectivity index (χ3n) is 4.59. The summed E-state index contributed by atoms with van der Waals surface area (Å²) < 4.78 is 20.2. The van der Waals surface area contributed by atoms with E-state index in [1.165, 1.54) is 0 Å². The number of nitrogens with zero attached hydrogens (tertiary/aromatic N) is 2. The molecule has 2 heterocycles. The van der Waals surface area contributed by atoms with Crippen molar-refractivity contribution in [3.05, 3.63) is 28.8 Å². The van der Waals surface area contributed by atoms with Crippen LogP contribution in [-0.2, 0) is 17.6 Å². The van der Waals surface area contributed by atoms with Crippen molar-refractivity contribution in [2.45, 2.75) is 57.7 Å². The highest BCUT2D eigenvalue weighted by Crippen LogP contribution is 2.29. The van der Waals surface area contributed by atoms with Crippen molar-refractivity contribution < 1.29 is 13.9 Å². The maximum atomic E-state index is 14.8. The normalized spacial score (nSPS) is 24.0. The average molecular weight is 350 g/mol. The van der Waals surface area contributed by atoms with Crippen LogP contribution in [0.3, 0.4) is 0 Å². The van der Waals surface area contributed by atoms with E-state index in [0.29, 0.717) is 31.7 Å². The summed E-state index contributed by atoms with van der Waals surface area (Å²) in [5, 5.41) is 3.22. The number of hydrogen-bond acceptors (Lipinski definition) is 5. The number of nitrogens with one attached hydrogen (secondary N) is 1. The first kappa shape index (κ1) is 18.1. The predicted octanol–water partition coefficient (Wildman–Crippen LogP) is 1.92. The van der Waals surface area contributed by atoms with E-state index in [1.807, 2.05) is 20.8 Å². The summed E-state index contributed by atoms with van der Waals surface area (Å²) in [6, 6.07) is 1.14. The van der Waals surface area contributed by atoms with E-state index < -0.39 is 17.7 Å². The summed E-state index contributed by atoms with van der Waals surface area (Å²) in [5.74, 6) is -0.380. The highest BCUT2D eigenvalue weighted by molar-refractivity contribution is 5.69. The summed E-state index contributed by atoms with van der Waals surface area (Å²) in [4.78, 5) is 18.7. The second-order valence-corrected chi connectivity index (χ2v) is 7.86. The predicted molar refractivity (Wildman–Crippen MR) is 92.7 cm³/mol. The van der Waals surface area contributed by atoms with E-state index in [2.05, 4.69) is 10.3 Å². The molecule has 138 valence electrons. The van der Waals surface area contributed by atoms with Gasteiger partial charge >= 0.3 is 6.09 Å². The Morgan fingerprint density at radius 1 is 1.48 bits per heavy atom. The molecule has 2 unspecified atom stereocenters. The van der Waals surface area contributed by atoms with Gasteiger partial charge in [0, 0.05) is 31.4 Å². The van der Waals surface area contributed by atoms with Gasteiger partial charge in [-0.25, -0.2) is 9.18 Å². The number of aryl methyl sites for hydroxylation is 1. The number of fused-ring (bicyclic) bond motifs is 1. The third kappa shape index (κ3) is 4.10. The number of halogens is 1. The molecule has 1 aromatic rings. The lowest BCUT2D eigenvalue weighted by atomic mass is 9.91. The van der Waals surface area contributed by atoms with Crippen molar-refractivity contribution in [1.29, 1.82) is 0 Å². The molecule has 1 fully saturated rings. The molecule has 2 atom stereocenters. The van der Waals surface area contributed by atoms with E-state index >= 15 is 0 Å². The van der Waals surface area contributed by atoms with Gasteiger partial charge < -0.3 is 15.8 Å². The molecule has 7 heteroatoms. The zero-order valence-electron chi connectivity index (χ0n) is 15.1. The zero-order chi connectivity index (χ0) is 18.2. The van der Waals surface area contributed by atoms with Gasteiger partial charge in [-0.1, -0.05) is 0 Å². The lowest BCUT2D eigenvalue weighted by Crippen LogP contribution is -2.50. The Morgan fingerprint density at radius 3 is 2.96 bits per heavy atom. The Morgan fingerprint density at radius 2 is 2.24 bits per heavy atom. The van der Waals surface area contributed by atoms with Gasteiger partial charge in [-0.05, 0) is 51.7 Å². The van der Waals surface area contributed by atoms with Crippen molar-refractivity contribution >= 4 is 6.09 Å². The van der Waals surface area contributed by atoms with Gasteiger partial charge in [0.1, 0.15) is 17.1 Å². The summed E-state index contributed by atoms with van der Waals surface area (Å²) in [6.45, 7) is 7.04. The van der Waals surface area contributed by atoms with Gasteiger partial charge in [-0.2, -0.15) is 0 Å². The van der Waals surface area contributed by atoms with Crippen LogP contribution in [0.1, 0.15) is 50.2 Å². The Labute approximate surface area is 147 Å². The fraction of sp³-hybridized carbons (Fsp3) is 0.667. The number of amides is 1. The molecule has 0 aromatic carbocycles. The second-order valence-electron chi connectivity index (χ2n) is 7.86. The molecule has 2 aliphatic rings. The molecule has 0 spiro atoms. The quantitative estimate of drug-likeness (QED) is 0.809. The number of carbonyl (C=O) groups is 1. The van der Waals surface area contributed by atoms with Crippen LogP contribution in [0.25, 0.3) is 0 Å². The average Bonchev–Trinajstić information content (AvgIpc) is 2.52. The number of pyridine rings is 1. The smallest absolute Gasteiger partial charge is 0.410 e. The molecule has 1 aliphatic carbocycles. The zero-order valence-corrected chi connectivity index (χ0v) is 15.1. The maximum absolute atomic E-state index is 14.8. The third-order valence-corrected chi connectivity index (χ3v) is 4.59. The first-order valence-corrected chi connectivity index (χ1v) is 8.88. The van der Waals surface area contributed by atoms with E-state index in [4.69, 9.17) is 10.5 Å². The molecule has 1 aromatic heterocycles. The first-order chi connectivity index (χ1) is 11.7. The van der Waals surface area contributed by atoms with Crippen LogP contribution in [0, 0.1) is 5.82 Å². The van der Waals surface area contributed by atoms with Crippen LogP contribution >= 0.6 is 0 Å². The molecule has 6 nitrogen and oxygen atoms in total. The highest BCUT2D eigenvalue weighted by Gasteiger charge is 2.34. The van der Waals surface area contributed by atoms with Gasteiger partial charge in [0.15, 0.2) is 0 Å². The van der Waals surface area contributed by atoms with Gasteiger partial charge in [0.2, 0.25) is 0 Å². The Bertz CT molecular complexity index is 659. The van der Waals surface area contributed by atoms with Crippen LogP contribution in [0.4, 0.5) is 9.18 Å². The molecular formula is C18H27FN4O2. The molecule has 0 saturated carbocycles. The summed E-state index contributed by atoms with van der Waals surface area (Å²) >= 11 is 0. The maximum Gasteiger partial charge on any atom is 0.410 e. The molecule has 0 radical (unpaired) electrons. The molecular weight excluding hydrogens is 323 g/mol. The highest BCUT2D eigenvalue weighted by atomic mass is 19.1. The van der Waals surface area contributed by atoms with Crippen LogP contribution in [0.2, 0.25) is 0 Å².